The van der Waals surface area contributed by atoms with Crippen molar-refractivity contribution >= 4 is 11.6 Å². The van der Waals surface area contributed by atoms with E-state index in [2.05, 4.69) is 4.90 Å². The molecule has 3 rings (SSSR count). The number of aliphatic hydroxyl groups excluding tert-OH is 1. The lowest BCUT2D eigenvalue weighted by atomic mass is 9.95. The first-order valence-corrected chi connectivity index (χ1v) is 8.10. The highest BCUT2D eigenvalue weighted by Gasteiger charge is 2.22. The van der Waals surface area contributed by atoms with Crippen LogP contribution < -0.4 is 10.6 Å². The van der Waals surface area contributed by atoms with Crippen LogP contribution in [0.15, 0.2) is 41.0 Å². The van der Waals surface area contributed by atoms with Crippen LogP contribution in [-0.2, 0) is 17.8 Å². The Morgan fingerprint density at radius 1 is 1.38 bits per heavy atom. The van der Waals surface area contributed by atoms with Crippen LogP contribution in [0.1, 0.15) is 28.1 Å². The Balaban J connectivity index is 1.60. The molecule has 1 aliphatic rings. The van der Waals surface area contributed by atoms with Gasteiger partial charge in [0.2, 0.25) is 5.91 Å². The summed E-state index contributed by atoms with van der Waals surface area (Å²) in [5.41, 5.74) is 7.98. The van der Waals surface area contributed by atoms with Gasteiger partial charge in [-0.15, -0.1) is 0 Å². The highest BCUT2D eigenvalue weighted by Crippen LogP contribution is 2.29. The number of nitrogens with zero attached hydrogens (tertiary/aromatic N) is 1. The SMILES string of the molecule is NC(=O)c1cccc2c1CCCN2CC(O)COCc1ccco1. The number of nitrogens with two attached hydrogens (primary N) is 1. The highest BCUT2D eigenvalue weighted by molar-refractivity contribution is 5.96. The quantitative estimate of drug-likeness (QED) is 0.807. The first-order chi connectivity index (χ1) is 11.6. The summed E-state index contributed by atoms with van der Waals surface area (Å²) in [4.78, 5) is 13.7. The van der Waals surface area contributed by atoms with E-state index >= 15 is 0 Å². The number of furan rings is 1. The lowest BCUT2D eigenvalue weighted by molar-refractivity contribution is 0.0254. The van der Waals surface area contributed by atoms with Gasteiger partial charge in [-0.05, 0) is 42.7 Å². The number of primary amides is 1. The lowest BCUT2D eigenvalue weighted by Crippen LogP contribution is -2.38. The maximum Gasteiger partial charge on any atom is 0.249 e. The lowest BCUT2D eigenvalue weighted by Gasteiger charge is -2.33. The van der Waals surface area contributed by atoms with Crippen LogP contribution in [0.4, 0.5) is 5.69 Å². The first kappa shape index (κ1) is 16.5. The van der Waals surface area contributed by atoms with Crippen LogP contribution in [0.3, 0.4) is 0 Å². The van der Waals surface area contributed by atoms with E-state index in [0.29, 0.717) is 18.7 Å². The molecule has 3 N–H and O–H groups in total. The van der Waals surface area contributed by atoms with Crippen molar-refractivity contribution in [3.05, 3.63) is 53.5 Å². The van der Waals surface area contributed by atoms with Gasteiger partial charge in [-0.25, -0.2) is 0 Å². The molecule has 0 aliphatic carbocycles. The third-order valence-electron chi connectivity index (χ3n) is 4.18. The van der Waals surface area contributed by atoms with Gasteiger partial charge >= 0.3 is 0 Å². The fourth-order valence-corrected chi connectivity index (χ4v) is 3.12. The minimum atomic E-state index is -0.622. The molecule has 24 heavy (non-hydrogen) atoms. The molecular weight excluding hydrogens is 308 g/mol. The van der Waals surface area contributed by atoms with Crippen molar-refractivity contribution in [2.24, 2.45) is 5.73 Å². The van der Waals surface area contributed by atoms with Gasteiger partial charge in [0.1, 0.15) is 12.4 Å². The Morgan fingerprint density at radius 2 is 2.25 bits per heavy atom. The zero-order valence-corrected chi connectivity index (χ0v) is 13.5. The Bertz CT molecular complexity index is 684. The molecule has 0 fully saturated rings. The smallest absolute Gasteiger partial charge is 0.249 e. The molecule has 6 nitrogen and oxygen atoms in total. The topological polar surface area (TPSA) is 88.9 Å². The van der Waals surface area contributed by atoms with Crippen LogP contribution in [0.5, 0.6) is 0 Å². The first-order valence-electron chi connectivity index (χ1n) is 8.10. The molecule has 1 aliphatic heterocycles. The van der Waals surface area contributed by atoms with Gasteiger partial charge in [0.05, 0.1) is 19.0 Å². The number of ether oxygens (including phenoxy) is 1. The highest BCUT2D eigenvalue weighted by atomic mass is 16.5. The van der Waals surface area contributed by atoms with E-state index in [4.69, 9.17) is 14.9 Å². The summed E-state index contributed by atoms with van der Waals surface area (Å²) < 4.78 is 10.7. The van der Waals surface area contributed by atoms with Crippen molar-refractivity contribution in [2.45, 2.75) is 25.6 Å². The number of hydrogen-bond acceptors (Lipinski definition) is 5. The van der Waals surface area contributed by atoms with Crippen molar-refractivity contribution in [1.82, 2.24) is 0 Å². The van der Waals surface area contributed by atoms with E-state index < -0.39 is 12.0 Å². The average Bonchev–Trinajstić information content (AvgIpc) is 3.08. The van der Waals surface area contributed by atoms with E-state index in [9.17, 15) is 9.90 Å². The molecule has 1 amide bonds. The number of rotatable bonds is 7. The van der Waals surface area contributed by atoms with Crippen molar-refractivity contribution in [1.29, 1.82) is 0 Å². The molecular formula is C18H22N2O4. The zero-order chi connectivity index (χ0) is 16.9. The van der Waals surface area contributed by atoms with E-state index in [1.807, 2.05) is 18.2 Å². The molecule has 0 bridgehead atoms. The van der Waals surface area contributed by atoms with Crippen LogP contribution in [-0.4, -0.2) is 36.8 Å². The van der Waals surface area contributed by atoms with Crippen molar-refractivity contribution < 1.29 is 19.1 Å². The van der Waals surface area contributed by atoms with Crippen molar-refractivity contribution in [2.75, 3.05) is 24.6 Å². The molecule has 1 aromatic heterocycles. The molecule has 0 spiro atoms. The van der Waals surface area contributed by atoms with Gasteiger partial charge in [0.25, 0.3) is 0 Å². The minimum absolute atomic E-state index is 0.224. The van der Waals surface area contributed by atoms with Gasteiger partial charge in [0.15, 0.2) is 0 Å². The molecule has 0 radical (unpaired) electrons. The predicted octanol–water partition coefficient (Wildman–Crippen LogP) is 1.71. The molecule has 1 unspecified atom stereocenters. The normalized spacial score (nSPS) is 15.1. The summed E-state index contributed by atoms with van der Waals surface area (Å²) in [6.07, 6.45) is 2.73. The second kappa shape index (κ2) is 7.51. The fraction of sp³-hybridized carbons (Fsp3) is 0.389. The Morgan fingerprint density at radius 3 is 3.00 bits per heavy atom. The number of carbonyl (C=O) groups excluding carboxylic acids is 1. The van der Waals surface area contributed by atoms with Gasteiger partial charge in [0, 0.05) is 24.3 Å². The van der Waals surface area contributed by atoms with Crippen LogP contribution in [0.25, 0.3) is 0 Å². The average molecular weight is 330 g/mol. The second-order valence-corrected chi connectivity index (χ2v) is 5.97. The number of benzene rings is 1. The van der Waals surface area contributed by atoms with Gasteiger partial charge in [-0.2, -0.15) is 0 Å². The van der Waals surface area contributed by atoms with Crippen LogP contribution in [0, 0.1) is 0 Å². The molecule has 0 saturated carbocycles. The van der Waals surface area contributed by atoms with E-state index in [1.54, 1.807) is 18.4 Å². The maximum atomic E-state index is 11.6. The van der Waals surface area contributed by atoms with Gasteiger partial charge in [-0.3, -0.25) is 4.79 Å². The number of carbonyl (C=O) groups is 1. The third-order valence-corrected chi connectivity index (χ3v) is 4.18. The van der Waals surface area contributed by atoms with Crippen LogP contribution >= 0.6 is 0 Å². The monoisotopic (exact) mass is 330 g/mol. The fourth-order valence-electron chi connectivity index (χ4n) is 3.12. The van der Waals surface area contributed by atoms with Crippen molar-refractivity contribution in [3.63, 3.8) is 0 Å². The molecule has 128 valence electrons. The number of β-amino-alcohol motifs (C(OH)–C–C–N with tert-alkyl or cyclic N) is 1. The number of fused-ring (bicyclic) bond motifs is 1. The maximum absolute atomic E-state index is 11.6. The molecule has 1 aromatic carbocycles. The summed E-state index contributed by atoms with van der Waals surface area (Å²) >= 11 is 0. The largest absolute Gasteiger partial charge is 0.467 e. The Hall–Kier alpha value is -2.31. The van der Waals surface area contributed by atoms with Crippen LogP contribution in [0.2, 0.25) is 0 Å². The molecule has 0 saturated heterocycles. The summed E-state index contributed by atoms with van der Waals surface area (Å²) in [6.45, 7) is 1.85. The summed E-state index contributed by atoms with van der Waals surface area (Å²) in [5.74, 6) is 0.327. The van der Waals surface area contributed by atoms with E-state index in [0.717, 1.165) is 36.4 Å². The predicted molar refractivity (Wildman–Crippen MR) is 89.9 cm³/mol. The van der Waals surface area contributed by atoms with E-state index in [-0.39, 0.29) is 6.61 Å². The zero-order valence-electron chi connectivity index (χ0n) is 13.5. The van der Waals surface area contributed by atoms with Crippen molar-refractivity contribution in [3.8, 4) is 0 Å². The van der Waals surface area contributed by atoms with E-state index in [1.165, 1.54) is 0 Å². The number of aliphatic hydroxyl groups is 1. The second-order valence-electron chi connectivity index (χ2n) is 5.97. The number of hydrogen-bond donors (Lipinski definition) is 2. The Labute approximate surface area is 140 Å². The molecule has 2 heterocycles. The Kier molecular flexibility index (Phi) is 5.17. The third kappa shape index (κ3) is 3.77. The number of anilines is 1. The number of amides is 1. The summed E-state index contributed by atoms with van der Waals surface area (Å²) in [7, 11) is 0. The van der Waals surface area contributed by atoms with Gasteiger partial charge in [-0.1, -0.05) is 6.07 Å². The minimum Gasteiger partial charge on any atom is -0.467 e. The molecule has 1 atom stereocenters. The van der Waals surface area contributed by atoms with Gasteiger partial charge < -0.3 is 24.9 Å². The standard InChI is InChI=1S/C18H22N2O4/c19-18(22)16-5-1-7-17-15(16)6-2-8-20(17)10-13(21)11-23-12-14-4-3-9-24-14/h1,3-5,7,9,13,21H,2,6,8,10-12H2,(H2,19,22). The summed E-state index contributed by atoms with van der Waals surface area (Å²) in [5, 5.41) is 10.2. The molecule has 6 heteroatoms. The summed E-state index contributed by atoms with van der Waals surface area (Å²) in [6, 6.07) is 9.19. The molecule has 2 aromatic rings.